The number of benzene rings is 1. The number of β-amino-alcohol motifs (C(OH)–C–C–N with tert-alkyl or cyclic N) is 1. The van der Waals surface area contributed by atoms with E-state index in [1.54, 1.807) is 0 Å². The molecule has 1 aromatic carbocycles. The zero-order chi connectivity index (χ0) is 15.0. The molecule has 1 N–H and O–H groups in total. The minimum Gasteiger partial charge on any atom is -0.387 e. The molecule has 1 atom stereocenters. The fourth-order valence-corrected chi connectivity index (χ4v) is 4.80. The average Bonchev–Trinajstić information content (AvgIpc) is 3.15. The van der Waals surface area contributed by atoms with Crippen LogP contribution >= 0.6 is 0 Å². The third kappa shape index (κ3) is 2.43. The Bertz CT molecular complexity index is 565. The second kappa shape index (κ2) is 5.82. The summed E-state index contributed by atoms with van der Waals surface area (Å²) >= 11 is 0. The second-order valence-electron chi connectivity index (χ2n) is 7.39. The number of fused-ring (bicyclic) bond motifs is 2. The zero-order valence-corrected chi connectivity index (χ0v) is 13.4. The van der Waals surface area contributed by atoms with Crippen LogP contribution in [0.5, 0.6) is 0 Å². The summed E-state index contributed by atoms with van der Waals surface area (Å²) in [7, 11) is 0. The average molecular weight is 297 g/mol. The van der Waals surface area contributed by atoms with Crippen LogP contribution in [0, 0.1) is 0 Å². The number of aliphatic hydroxyl groups is 1. The summed E-state index contributed by atoms with van der Waals surface area (Å²) < 4.78 is 0. The molecule has 3 aliphatic rings. The van der Waals surface area contributed by atoms with Crippen LogP contribution < -0.4 is 0 Å². The third-order valence-corrected chi connectivity index (χ3v) is 5.94. The van der Waals surface area contributed by atoms with Gasteiger partial charge in [-0.3, -0.25) is 0 Å². The maximum Gasteiger partial charge on any atom is 0.0920 e. The van der Waals surface area contributed by atoms with Crippen LogP contribution in [0.2, 0.25) is 0 Å². The lowest BCUT2D eigenvalue weighted by Crippen LogP contribution is -2.36. The van der Waals surface area contributed by atoms with E-state index in [0.717, 1.165) is 19.6 Å². The predicted octanol–water partition coefficient (Wildman–Crippen LogP) is 3.74. The van der Waals surface area contributed by atoms with Crippen LogP contribution in [0.3, 0.4) is 0 Å². The lowest BCUT2D eigenvalue weighted by Gasteiger charge is -2.29. The molecule has 4 rings (SSSR count). The van der Waals surface area contributed by atoms with Gasteiger partial charge in [-0.15, -0.1) is 0 Å². The van der Waals surface area contributed by atoms with Gasteiger partial charge in [0.1, 0.15) is 0 Å². The standard InChI is InChI=1S/C20H27NO/c22-19(15-21-12-6-1-7-13-21)17-14-20(10-4-5-11-20)18-9-3-2-8-16(17)18/h2-3,8-9,14,19,22H,1,4-7,10-13,15H2. The van der Waals surface area contributed by atoms with Crippen molar-refractivity contribution in [3.05, 3.63) is 41.5 Å². The lowest BCUT2D eigenvalue weighted by atomic mass is 9.81. The van der Waals surface area contributed by atoms with Gasteiger partial charge in [0.15, 0.2) is 0 Å². The van der Waals surface area contributed by atoms with E-state index in [2.05, 4.69) is 35.2 Å². The van der Waals surface area contributed by atoms with Gasteiger partial charge in [0.25, 0.3) is 0 Å². The molecule has 1 saturated carbocycles. The van der Waals surface area contributed by atoms with E-state index >= 15 is 0 Å². The molecule has 2 aliphatic carbocycles. The summed E-state index contributed by atoms with van der Waals surface area (Å²) in [6.45, 7) is 3.10. The highest BCUT2D eigenvalue weighted by Gasteiger charge is 2.41. The Kier molecular flexibility index (Phi) is 3.83. The summed E-state index contributed by atoms with van der Waals surface area (Å²) in [5.74, 6) is 0. The number of aliphatic hydroxyl groups excluding tert-OH is 1. The largest absolute Gasteiger partial charge is 0.387 e. The SMILES string of the molecule is OC(CN1CCCCC1)C1=CC2(CCCC2)c2ccccc21. The molecule has 0 radical (unpaired) electrons. The molecular formula is C20H27NO. The molecule has 2 heteroatoms. The van der Waals surface area contributed by atoms with Gasteiger partial charge in [0, 0.05) is 12.0 Å². The molecule has 1 aromatic rings. The van der Waals surface area contributed by atoms with Crippen LogP contribution in [-0.4, -0.2) is 35.7 Å². The fourth-order valence-electron chi connectivity index (χ4n) is 4.80. The number of piperidine rings is 1. The number of hydrogen-bond donors (Lipinski definition) is 1. The van der Waals surface area contributed by atoms with Crippen molar-refractivity contribution in [1.29, 1.82) is 0 Å². The van der Waals surface area contributed by atoms with Gasteiger partial charge in [0.05, 0.1) is 6.10 Å². The van der Waals surface area contributed by atoms with E-state index in [1.165, 1.54) is 61.6 Å². The molecule has 22 heavy (non-hydrogen) atoms. The quantitative estimate of drug-likeness (QED) is 0.918. The van der Waals surface area contributed by atoms with Crippen molar-refractivity contribution in [1.82, 2.24) is 4.90 Å². The fraction of sp³-hybridized carbons (Fsp3) is 0.600. The molecular weight excluding hydrogens is 270 g/mol. The Labute approximate surface area is 133 Å². The topological polar surface area (TPSA) is 23.5 Å². The Hall–Kier alpha value is -1.12. The highest BCUT2D eigenvalue weighted by atomic mass is 16.3. The van der Waals surface area contributed by atoms with Crippen molar-refractivity contribution in [3.8, 4) is 0 Å². The molecule has 1 aliphatic heterocycles. The first kappa shape index (κ1) is 14.5. The van der Waals surface area contributed by atoms with Crippen molar-refractivity contribution < 1.29 is 5.11 Å². The van der Waals surface area contributed by atoms with Crippen LogP contribution in [0.1, 0.15) is 56.1 Å². The number of rotatable bonds is 3. The van der Waals surface area contributed by atoms with Crippen LogP contribution in [0.15, 0.2) is 30.3 Å². The van der Waals surface area contributed by atoms with Crippen LogP contribution in [0.25, 0.3) is 5.57 Å². The molecule has 0 aromatic heterocycles. The van der Waals surface area contributed by atoms with E-state index in [-0.39, 0.29) is 11.5 Å². The van der Waals surface area contributed by atoms with Gasteiger partial charge < -0.3 is 10.0 Å². The molecule has 0 amide bonds. The first-order chi connectivity index (χ1) is 10.8. The summed E-state index contributed by atoms with van der Waals surface area (Å²) in [6.07, 6.45) is 11.2. The Morgan fingerprint density at radius 3 is 2.50 bits per heavy atom. The minimum atomic E-state index is -0.334. The first-order valence-electron chi connectivity index (χ1n) is 9.02. The van der Waals surface area contributed by atoms with Crippen molar-refractivity contribution in [3.63, 3.8) is 0 Å². The summed E-state index contributed by atoms with van der Waals surface area (Å²) in [5.41, 5.74) is 4.21. The molecule has 118 valence electrons. The van der Waals surface area contributed by atoms with Crippen LogP contribution in [-0.2, 0) is 5.41 Å². The van der Waals surface area contributed by atoms with Crippen molar-refractivity contribution in [2.75, 3.05) is 19.6 Å². The minimum absolute atomic E-state index is 0.231. The van der Waals surface area contributed by atoms with Gasteiger partial charge in [-0.1, -0.05) is 49.6 Å². The van der Waals surface area contributed by atoms with Crippen LogP contribution in [0.4, 0.5) is 0 Å². The Morgan fingerprint density at radius 1 is 1.00 bits per heavy atom. The number of nitrogens with zero attached hydrogens (tertiary/aromatic N) is 1. The summed E-state index contributed by atoms with van der Waals surface area (Å²) in [4.78, 5) is 2.44. The van der Waals surface area contributed by atoms with Crippen molar-refractivity contribution >= 4 is 5.57 Å². The normalized spacial score (nSPS) is 25.2. The van der Waals surface area contributed by atoms with E-state index in [1.807, 2.05) is 0 Å². The molecule has 0 bridgehead atoms. The van der Waals surface area contributed by atoms with Gasteiger partial charge >= 0.3 is 0 Å². The van der Waals surface area contributed by atoms with E-state index in [0.29, 0.717) is 0 Å². The van der Waals surface area contributed by atoms with Gasteiger partial charge in [-0.05, 0) is 55.5 Å². The molecule has 2 fully saturated rings. The number of hydrogen-bond acceptors (Lipinski definition) is 2. The highest BCUT2D eigenvalue weighted by molar-refractivity contribution is 5.79. The summed E-state index contributed by atoms with van der Waals surface area (Å²) in [6, 6.07) is 8.78. The predicted molar refractivity (Wildman–Crippen MR) is 90.9 cm³/mol. The number of allylic oxidation sites excluding steroid dienone is 1. The summed E-state index contributed by atoms with van der Waals surface area (Å²) in [5, 5.41) is 10.9. The smallest absolute Gasteiger partial charge is 0.0920 e. The highest BCUT2D eigenvalue weighted by Crippen LogP contribution is 2.51. The van der Waals surface area contributed by atoms with E-state index in [9.17, 15) is 5.11 Å². The monoisotopic (exact) mass is 297 g/mol. The van der Waals surface area contributed by atoms with Crippen molar-refractivity contribution in [2.45, 2.75) is 56.5 Å². The molecule has 1 unspecified atom stereocenters. The maximum absolute atomic E-state index is 10.9. The molecule has 2 nitrogen and oxygen atoms in total. The first-order valence-corrected chi connectivity index (χ1v) is 9.02. The maximum atomic E-state index is 10.9. The van der Waals surface area contributed by atoms with Gasteiger partial charge in [0.2, 0.25) is 0 Å². The van der Waals surface area contributed by atoms with Gasteiger partial charge in [-0.25, -0.2) is 0 Å². The van der Waals surface area contributed by atoms with Gasteiger partial charge in [-0.2, -0.15) is 0 Å². The third-order valence-electron chi connectivity index (χ3n) is 5.94. The van der Waals surface area contributed by atoms with E-state index in [4.69, 9.17) is 0 Å². The van der Waals surface area contributed by atoms with Crippen molar-refractivity contribution in [2.24, 2.45) is 0 Å². The van der Waals surface area contributed by atoms with E-state index < -0.39 is 0 Å². The second-order valence-corrected chi connectivity index (χ2v) is 7.39. The Morgan fingerprint density at radius 2 is 1.73 bits per heavy atom. The zero-order valence-electron chi connectivity index (χ0n) is 13.4. The number of likely N-dealkylation sites (tertiary alicyclic amines) is 1. The molecule has 1 saturated heterocycles. The lowest BCUT2D eigenvalue weighted by molar-refractivity contribution is 0.137. The molecule has 1 heterocycles. The molecule has 1 spiro atoms. The Balaban J connectivity index is 1.60.